The lowest BCUT2D eigenvalue weighted by atomic mass is 10.1. The summed E-state index contributed by atoms with van der Waals surface area (Å²) < 4.78 is 2.91. The predicted molar refractivity (Wildman–Crippen MR) is 76.4 cm³/mol. The summed E-state index contributed by atoms with van der Waals surface area (Å²) in [6.45, 7) is 0. The van der Waals surface area contributed by atoms with Crippen LogP contribution in [-0.2, 0) is 0 Å². The maximum Gasteiger partial charge on any atom is 0.0850 e. The number of hydrogen-bond donors (Lipinski definition) is 2. The van der Waals surface area contributed by atoms with E-state index in [1.165, 1.54) is 0 Å². The van der Waals surface area contributed by atoms with Crippen LogP contribution in [0.2, 0.25) is 0 Å². The third-order valence-corrected chi connectivity index (χ3v) is 4.78. The standard InChI is InChI=1S/C12H11BrN4S/c13-9-4-6-18-12(9)11(16-14)8-7-15-17-5-2-1-3-10(8)17/h1-7,11,16H,14H2. The second kappa shape index (κ2) is 4.81. The minimum absolute atomic E-state index is 0.0562. The zero-order valence-corrected chi connectivity index (χ0v) is 11.8. The molecule has 3 aromatic heterocycles. The van der Waals surface area contributed by atoms with Crippen LogP contribution in [0.5, 0.6) is 0 Å². The molecule has 6 heteroatoms. The van der Waals surface area contributed by atoms with Gasteiger partial charge in [-0.25, -0.2) is 9.94 Å². The van der Waals surface area contributed by atoms with E-state index in [1.54, 1.807) is 11.3 Å². The Balaban J connectivity index is 2.15. The molecule has 1 unspecified atom stereocenters. The Morgan fingerprint density at radius 3 is 3.00 bits per heavy atom. The summed E-state index contributed by atoms with van der Waals surface area (Å²) >= 11 is 5.21. The average molecular weight is 323 g/mol. The van der Waals surface area contributed by atoms with Gasteiger partial charge in [-0.2, -0.15) is 5.10 Å². The molecule has 3 heterocycles. The van der Waals surface area contributed by atoms with Crippen molar-refractivity contribution in [3.8, 4) is 0 Å². The van der Waals surface area contributed by atoms with Crippen molar-refractivity contribution in [1.29, 1.82) is 0 Å². The molecule has 0 saturated heterocycles. The number of halogens is 1. The van der Waals surface area contributed by atoms with Crippen molar-refractivity contribution in [2.75, 3.05) is 0 Å². The molecule has 3 aromatic rings. The number of fused-ring (bicyclic) bond motifs is 1. The normalized spacial score (nSPS) is 13.0. The highest BCUT2D eigenvalue weighted by Gasteiger charge is 2.20. The van der Waals surface area contributed by atoms with Gasteiger partial charge in [0.05, 0.1) is 17.8 Å². The molecule has 0 aliphatic heterocycles. The van der Waals surface area contributed by atoms with Crippen LogP contribution < -0.4 is 11.3 Å². The summed E-state index contributed by atoms with van der Waals surface area (Å²) in [6.07, 6.45) is 3.78. The van der Waals surface area contributed by atoms with E-state index in [1.807, 2.05) is 46.6 Å². The lowest BCUT2D eigenvalue weighted by Gasteiger charge is -2.14. The quantitative estimate of drug-likeness (QED) is 0.576. The van der Waals surface area contributed by atoms with E-state index in [-0.39, 0.29) is 6.04 Å². The summed E-state index contributed by atoms with van der Waals surface area (Å²) in [6, 6.07) is 7.96. The summed E-state index contributed by atoms with van der Waals surface area (Å²) in [7, 11) is 0. The molecular formula is C12H11BrN4S. The molecule has 0 aliphatic rings. The van der Waals surface area contributed by atoms with Gasteiger partial charge in [-0.3, -0.25) is 5.84 Å². The lowest BCUT2D eigenvalue weighted by molar-refractivity contribution is 0.648. The third kappa shape index (κ3) is 1.87. The molecule has 18 heavy (non-hydrogen) atoms. The first-order valence-electron chi connectivity index (χ1n) is 5.42. The van der Waals surface area contributed by atoms with Crippen LogP contribution in [0.3, 0.4) is 0 Å². The monoisotopic (exact) mass is 322 g/mol. The Labute approximate surface area is 117 Å². The van der Waals surface area contributed by atoms with E-state index in [0.717, 1.165) is 20.4 Å². The molecule has 0 amide bonds. The molecule has 0 aliphatic carbocycles. The van der Waals surface area contributed by atoms with Crippen LogP contribution >= 0.6 is 27.3 Å². The lowest BCUT2D eigenvalue weighted by Crippen LogP contribution is -2.28. The van der Waals surface area contributed by atoms with Crippen LogP contribution in [0, 0.1) is 0 Å². The van der Waals surface area contributed by atoms with Crippen LogP contribution in [0.4, 0.5) is 0 Å². The molecule has 0 fully saturated rings. The minimum Gasteiger partial charge on any atom is -0.271 e. The largest absolute Gasteiger partial charge is 0.271 e. The molecule has 0 saturated carbocycles. The molecule has 0 radical (unpaired) electrons. The minimum atomic E-state index is -0.0562. The Bertz CT molecular complexity index is 675. The number of aromatic nitrogens is 2. The second-order valence-corrected chi connectivity index (χ2v) is 5.66. The number of nitrogens with one attached hydrogen (secondary N) is 1. The first-order valence-corrected chi connectivity index (χ1v) is 7.10. The molecule has 0 bridgehead atoms. The molecule has 1 atom stereocenters. The topological polar surface area (TPSA) is 55.3 Å². The number of pyridine rings is 1. The number of hydrazine groups is 1. The van der Waals surface area contributed by atoms with Crippen LogP contribution in [-0.4, -0.2) is 9.61 Å². The summed E-state index contributed by atoms with van der Waals surface area (Å²) in [5.41, 5.74) is 4.99. The molecule has 3 rings (SSSR count). The molecule has 0 aromatic carbocycles. The third-order valence-electron chi connectivity index (χ3n) is 2.84. The van der Waals surface area contributed by atoms with Crippen molar-refractivity contribution in [2.24, 2.45) is 5.84 Å². The van der Waals surface area contributed by atoms with Crippen LogP contribution in [0.1, 0.15) is 16.5 Å². The van der Waals surface area contributed by atoms with Gasteiger partial charge >= 0.3 is 0 Å². The van der Waals surface area contributed by atoms with Gasteiger partial charge in [-0.05, 0) is 39.5 Å². The van der Waals surface area contributed by atoms with Gasteiger partial charge in [-0.15, -0.1) is 11.3 Å². The highest BCUT2D eigenvalue weighted by Crippen LogP contribution is 2.34. The molecule has 0 spiro atoms. The summed E-state index contributed by atoms with van der Waals surface area (Å²) in [5.74, 6) is 5.71. The fraction of sp³-hybridized carbons (Fsp3) is 0.0833. The Morgan fingerprint density at radius 2 is 2.28 bits per heavy atom. The molecule has 3 N–H and O–H groups in total. The van der Waals surface area contributed by atoms with Gasteiger partial charge in [0, 0.05) is 21.1 Å². The van der Waals surface area contributed by atoms with Crippen LogP contribution in [0.25, 0.3) is 5.52 Å². The molecular weight excluding hydrogens is 312 g/mol. The Kier molecular flexibility index (Phi) is 3.17. The van der Waals surface area contributed by atoms with Gasteiger partial charge < -0.3 is 0 Å². The highest BCUT2D eigenvalue weighted by atomic mass is 79.9. The predicted octanol–water partition coefficient (Wildman–Crippen LogP) is 2.71. The zero-order chi connectivity index (χ0) is 12.5. The average Bonchev–Trinajstić information content (AvgIpc) is 2.99. The number of hydrogen-bond acceptors (Lipinski definition) is 4. The fourth-order valence-electron chi connectivity index (χ4n) is 1.99. The van der Waals surface area contributed by atoms with Gasteiger partial charge in [0.1, 0.15) is 0 Å². The smallest absolute Gasteiger partial charge is 0.0850 e. The van der Waals surface area contributed by atoms with Crippen molar-refractivity contribution in [2.45, 2.75) is 6.04 Å². The maximum atomic E-state index is 5.71. The number of nitrogens with two attached hydrogens (primary N) is 1. The van der Waals surface area contributed by atoms with Crippen molar-refractivity contribution in [3.05, 3.63) is 57.0 Å². The zero-order valence-electron chi connectivity index (χ0n) is 9.38. The van der Waals surface area contributed by atoms with E-state index in [2.05, 4.69) is 26.5 Å². The van der Waals surface area contributed by atoms with Crippen molar-refractivity contribution in [3.63, 3.8) is 0 Å². The van der Waals surface area contributed by atoms with Gasteiger partial charge in [0.2, 0.25) is 0 Å². The SMILES string of the molecule is NNC(c1sccc1Br)c1cnn2ccccc12. The van der Waals surface area contributed by atoms with Crippen LogP contribution in [0.15, 0.2) is 46.5 Å². The Morgan fingerprint density at radius 1 is 1.39 bits per heavy atom. The molecule has 4 nitrogen and oxygen atoms in total. The van der Waals surface area contributed by atoms with E-state index >= 15 is 0 Å². The number of nitrogens with zero attached hydrogens (tertiary/aromatic N) is 2. The number of thiophene rings is 1. The second-order valence-electron chi connectivity index (χ2n) is 3.86. The Hall–Kier alpha value is -1.21. The van der Waals surface area contributed by atoms with Gasteiger partial charge in [-0.1, -0.05) is 6.07 Å². The summed E-state index contributed by atoms with van der Waals surface area (Å²) in [5, 5.41) is 6.37. The fourth-order valence-corrected chi connectivity index (χ4v) is 3.67. The van der Waals surface area contributed by atoms with E-state index in [9.17, 15) is 0 Å². The van der Waals surface area contributed by atoms with Crippen molar-refractivity contribution in [1.82, 2.24) is 15.0 Å². The van der Waals surface area contributed by atoms with Gasteiger partial charge in [0.15, 0.2) is 0 Å². The van der Waals surface area contributed by atoms with Crippen molar-refractivity contribution >= 4 is 32.8 Å². The highest BCUT2D eigenvalue weighted by molar-refractivity contribution is 9.10. The van der Waals surface area contributed by atoms with Crippen molar-refractivity contribution < 1.29 is 0 Å². The molecule has 92 valence electrons. The number of rotatable bonds is 3. The van der Waals surface area contributed by atoms with Gasteiger partial charge in [0.25, 0.3) is 0 Å². The van der Waals surface area contributed by atoms with E-state index in [4.69, 9.17) is 5.84 Å². The van der Waals surface area contributed by atoms with E-state index in [0.29, 0.717) is 0 Å². The van der Waals surface area contributed by atoms with E-state index < -0.39 is 0 Å². The first kappa shape index (κ1) is 11.9. The first-order chi connectivity index (χ1) is 8.81. The summed E-state index contributed by atoms with van der Waals surface area (Å²) in [4.78, 5) is 1.15. The maximum absolute atomic E-state index is 5.71.